The van der Waals surface area contributed by atoms with Crippen molar-refractivity contribution >= 4 is 158 Å². The van der Waals surface area contributed by atoms with Gasteiger partial charge in [0.15, 0.2) is 11.5 Å². The molecule has 0 atom stereocenters. The third kappa shape index (κ3) is 2.55. The molecule has 7 rings (SSSR count). The lowest BCUT2D eigenvalue weighted by Gasteiger charge is -2.25. The molecule has 0 bridgehead atoms. The van der Waals surface area contributed by atoms with Gasteiger partial charge in [-0.25, -0.2) is 0 Å². The van der Waals surface area contributed by atoms with Crippen molar-refractivity contribution in [2.75, 3.05) is 0 Å². The Morgan fingerprint density at radius 3 is 1.44 bits per heavy atom. The van der Waals surface area contributed by atoms with E-state index in [1.54, 1.807) is 5.41 Å². The van der Waals surface area contributed by atoms with Crippen LogP contribution in [-0.2, 0) is 0 Å². The van der Waals surface area contributed by atoms with Gasteiger partial charge >= 0.3 is 21.0 Å². The summed E-state index contributed by atoms with van der Waals surface area (Å²) >= 11 is 18.6. The summed E-state index contributed by atoms with van der Waals surface area (Å²) in [7, 11) is 6.63. The maximum Gasteiger partial charge on any atom is 0.341 e. The molecule has 0 heterocycles. The first-order valence-electron chi connectivity index (χ1n) is 11.0. The van der Waals surface area contributed by atoms with E-state index in [1.807, 2.05) is 16.2 Å². The van der Waals surface area contributed by atoms with E-state index in [1.165, 1.54) is 21.5 Å². The molecule has 36 heavy (non-hydrogen) atoms. The van der Waals surface area contributed by atoms with Gasteiger partial charge in [-0.05, 0) is 81.1 Å². The van der Waals surface area contributed by atoms with Crippen molar-refractivity contribution < 1.29 is 8.85 Å². The Balaban J connectivity index is 2.13. The van der Waals surface area contributed by atoms with Gasteiger partial charge in [-0.2, -0.15) is 50.5 Å². The zero-order valence-corrected chi connectivity index (χ0v) is 24.0. The van der Waals surface area contributed by atoms with Crippen LogP contribution in [0.4, 0.5) is 0 Å². The Morgan fingerprint density at radius 2 is 0.889 bits per heavy atom. The van der Waals surface area contributed by atoms with E-state index in [0.717, 1.165) is 64.0 Å². The second kappa shape index (κ2) is 8.15. The first-order valence-corrected chi connectivity index (χ1v) is 13.9. The lowest BCUT2D eigenvalue weighted by molar-refractivity contribution is 0.552. The fourth-order valence-electron chi connectivity index (χ4n) is 6.23. The molecular formula is C28H14O2S4Si2. The average Bonchev–Trinajstić information content (AvgIpc) is 2.93. The first-order chi connectivity index (χ1) is 17.6. The van der Waals surface area contributed by atoms with Gasteiger partial charge in [0, 0.05) is 32.1 Å². The molecule has 7 aromatic carbocycles. The Morgan fingerprint density at radius 1 is 0.444 bits per heavy atom. The Kier molecular flexibility index (Phi) is 5.19. The Labute approximate surface area is 234 Å². The summed E-state index contributed by atoms with van der Waals surface area (Å²) in [5.41, 5.74) is 0. The first kappa shape index (κ1) is 23.0. The normalized spacial score (nSPS) is 15.1. The summed E-state index contributed by atoms with van der Waals surface area (Å²) in [5.74, 6) is 1.14. The van der Waals surface area contributed by atoms with E-state index in [0.29, 0.717) is 11.5 Å². The van der Waals surface area contributed by atoms with Crippen molar-refractivity contribution in [1.82, 2.24) is 0 Å². The van der Waals surface area contributed by atoms with E-state index >= 15 is 0 Å². The monoisotopic (exact) mass is 566 g/mol. The minimum atomic E-state index is 0.558. The SMILES string of the molecule is [Si]Oc1c(O[Si])c2c(=CS)c(=CS)c3c(=CS)c(=CS)c4ccc5ccc6ccc1c1c6c5c4c3c21. The van der Waals surface area contributed by atoms with Crippen LogP contribution in [0.2, 0.25) is 0 Å². The van der Waals surface area contributed by atoms with Gasteiger partial charge in [0.25, 0.3) is 0 Å². The largest absolute Gasteiger partial charge is 0.538 e. The third-order valence-corrected chi connectivity index (χ3v) is 8.94. The van der Waals surface area contributed by atoms with Gasteiger partial charge in [-0.3, -0.25) is 0 Å². The zero-order valence-electron chi connectivity index (χ0n) is 18.4. The highest BCUT2D eigenvalue weighted by Gasteiger charge is 2.27. The molecule has 0 unspecified atom stereocenters. The van der Waals surface area contributed by atoms with Gasteiger partial charge in [0.05, 0.1) is 0 Å². The molecule has 0 spiro atoms. The minimum Gasteiger partial charge on any atom is -0.538 e. The molecule has 8 heteroatoms. The second-order valence-corrected chi connectivity index (χ2v) is 10.2. The fourth-order valence-corrected chi connectivity index (χ4v) is 7.71. The minimum absolute atomic E-state index is 0.558. The van der Waals surface area contributed by atoms with Crippen LogP contribution < -0.4 is 29.7 Å². The fraction of sp³-hybridized carbons (Fsp3) is 0. The number of hydrogen-bond acceptors (Lipinski definition) is 6. The summed E-state index contributed by atoms with van der Waals surface area (Å²) in [6, 6.07) is 13.0. The lowest BCUT2D eigenvalue weighted by Crippen LogP contribution is -2.36. The highest BCUT2D eigenvalue weighted by Crippen LogP contribution is 2.51. The highest BCUT2D eigenvalue weighted by atomic mass is 32.1. The molecule has 170 valence electrons. The second-order valence-electron chi connectivity index (χ2n) is 8.77. The molecule has 0 aliphatic carbocycles. The van der Waals surface area contributed by atoms with Crippen LogP contribution in [0.25, 0.3) is 86.3 Å². The molecular weight excluding hydrogens is 553 g/mol. The number of benzene rings is 7. The van der Waals surface area contributed by atoms with Crippen molar-refractivity contribution in [3.05, 3.63) is 57.3 Å². The van der Waals surface area contributed by atoms with E-state index in [-0.39, 0.29) is 0 Å². The topological polar surface area (TPSA) is 18.5 Å². The van der Waals surface area contributed by atoms with Gasteiger partial charge in [0.2, 0.25) is 0 Å². The molecule has 0 amide bonds. The van der Waals surface area contributed by atoms with Crippen molar-refractivity contribution in [2.45, 2.75) is 0 Å². The number of hydrogen-bond donors (Lipinski definition) is 4. The Hall–Kier alpha value is -2.21. The van der Waals surface area contributed by atoms with Crippen molar-refractivity contribution in [3.8, 4) is 11.5 Å². The van der Waals surface area contributed by atoms with Crippen LogP contribution in [-0.4, -0.2) is 21.0 Å². The molecule has 6 radical (unpaired) electrons. The standard InChI is InChI=1S/C28H14O2S4Si2/c31-7-15-13-5-3-11-1-2-12-4-6-14-23-20(12)19(11)22(13)25-21(16(15)8-32)17(9-33)18(10-34)24(26(23)25)28(30-36)27(14)29-35/h1-10,31-34H. The Bertz CT molecular complexity index is 2280. The lowest BCUT2D eigenvalue weighted by atomic mass is 9.80. The van der Waals surface area contributed by atoms with Crippen LogP contribution in [0, 0.1) is 0 Å². The maximum absolute atomic E-state index is 5.85. The molecule has 0 aromatic heterocycles. The van der Waals surface area contributed by atoms with Gasteiger partial charge < -0.3 is 8.85 Å². The van der Waals surface area contributed by atoms with E-state index in [9.17, 15) is 0 Å². The average molecular weight is 567 g/mol. The van der Waals surface area contributed by atoms with Crippen molar-refractivity contribution in [3.63, 3.8) is 0 Å². The molecule has 0 aliphatic rings. The molecule has 0 N–H and O–H groups in total. The van der Waals surface area contributed by atoms with Crippen molar-refractivity contribution in [1.29, 1.82) is 0 Å². The van der Waals surface area contributed by atoms with Crippen molar-refractivity contribution in [2.24, 2.45) is 0 Å². The summed E-state index contributed by atoms with van der Waals surface area (Å²) < 4.78 is 11.6. The van der Waals surface area contributed by atoms with Gasteiger partial charge in [0.1, 0.15) is 0 Å². The third-order valence-electron chi connectivity index (χ3n) is 7.49. The molecule has 2 nitrogen and oxygen atoms in total. The van der Waals surface area contributed by atoms with Crippen LogP contribution >= 0.6 is 50.5 Å². The van der Waals surface area contributed by atoms with Crippen LogP contribution in [0.5, 0.6) is 11.5 Å². The number of rotatable bonds is 2. The van der Waals surface area contributed by atoms with Crippen LogP contribution in [0.1, 0.15) is 0 Å². The van der Waals surface area contributed by atoms with E-state index in [4.69, 9.17) is 8.85 Å². The van der Waals surface area contributed by atoms with E-state index in [2.05, 4.69) is 108 Å². The summed E-state index contributed by atoms with van der Waals surface area (Å²) in [4.78, 5) is 0. The molecule has 0 saturated carbocycles. The quantitative estimate of drug-likeness (QED) is 0.107. The highest BCUT2D eigenvalue weighted by molar-refractivity contribution is 7.89. The molecule has 0 saturated heterocycles. The van der Waals surface area contributed by atoms with E-state index < -0.39 is 0 Å². The van der Waals surface area contributed by atoms with Gasteiger partial charge in [-0.1, -0.05) is 30.3 Å². The molecule has 7 aromatic rings. The molecule has 0 fully saturated rings. The summed E-state index contributed by atoms with van der Waals surface area (Å²) in [6.07, 6.45) is 0. The van der Waals surface area contributed by atoms with Crippen LogP contribution in [0.15, 0.2) is 36.4 Å². The predicted octanol–water partition coefficient (Wildman–Crippen LogP) is 4.52. The molecule has 0 aliphatic heterocycles. The smallest absolute Gasteiger partial charge is 0.341 e. The van der Waals surface area contributed by atoms with Crippen LogP contribution in [0.3, 0.4) is 0 Å². The predicted molar refractivity (Wildman–Crippen MR) is 170 cm³/mol. The summed E-state index contributed by atoms with van der Waals surface area (Å²) in [6.45, 7) is 0. The maximum atomic E-state index is 5.85. The number of thiol groups is 4. The summed E-state index contributed by atoms with van der Waals surface area (Å²) in [5, 5.41) is 24.4. The van der Waals surface area contributed by atoms with Gasteiger partial charge in [-0.15, -0.1) is 0 Å². The zero-order chi connectivity index (χ0) is 24.9.